The predicted molar refractivity (Wildman–Crippen MR) is 85.1 cm³/mol. The molecule has 0 N–H and O–H groups in total. The number of hydrogen-bond acceptors (Lipinski definition) is 2. The van der Waals surface area contributed by atoms with E-state index in [9.17, 15) is 4.79 Å². The highest BCUT2D eigenvalue weighted by Crippen LogP contribution is 2.34. The SMILES string of the molecule is CC(=O)c1cc(Br)ccc1Oc1c(C)cc(Cl)cc1C. The highest BCUT2D eigenvalue weighted by Gasteiger charge is 2.13. The second kappa shape index (κ2) is 5.98. The average molecular weight is 354 g/mol. The number of carbonyl (C=O) groups excluding carboxylic acids is 1. The summed E-state index contributed by atoms with van der Waals surface area (Å²) in [7, 11) is 0. The number of halogens is 2. The molecule has 0 aliphatic carbocycles. The van der Waals surface area contributed by atoms with Crippen LogP contribution < -0.4 is 4.74 Å². The van der Waals surface area contributed by atoms with E-state index in [1.165, 1.54) is 6.92 Å². The predicted octanol–water partition coefficient (Wildman–Crippen LogP) is 5.71. The van der Waals surface area contributed by atoms with Crippen molar-refractivity contribution in [3.05, 3.63) is 56.5 Å². The minimum atomic E-state index is -0.0365. The summed E-state index contributed by atoms with van der Waals surface area (Å²) >= 11 is 9.38. The first-order valence-electron chi connectivity index (χ1n) is 6.13. The van der Waals surface area contributed by atoms with Crippen molar-refractivity contribution in [2.24, 2.45) is 0 Å². The topological polar surface area (TPSA) is 26.3 Å². The summed E-state index contributed by atoms with van der Waals surface area (Å²) in [5.41, 5.74) is 2.42. The van der Waals surface area contributed by atoms with Gasteiger partial charge in [0.2, 0.25) is 0 Å². The maximum atomic E-state index is 11.7. The number of hydrogen-bond donors (Lipinski definition) is 0. The van der Waals surface area contributed by atoms with Gasteiger partial charge in [0.25, 0.3) is 0 Å². The van der Waals surface area contributed by atoms with E-state index in [4.69, 9.17) is 16.3 Å². The molecule has 0 bridgehead atoms. The van der Waals surface area contributed by atoms with E-state index in [1.807, 2.05) is 32.0 Å². The van der Waals surface area contributed by atoms with Gasteiger partial charge in [0.15, 0.2) is 5.78 Å². The fraction of sp³-hybridized carbons (Fsp3) is 0.188. The summed E-state index contributed by atoms with van der Waals surface area (Å²) < 4.78 is 6.79. The maximum absolute atomic E-state index is 11.7. The molecule has 0 spiro atoms. The molecule has 0 atom stereocenters. The molecule has 0 saturated carbocycles. The van der Waals surface area contributed by atoms with Gasteiger partial charge in [-0.2, -0.15) is 0 Å². The van der Waals surface area contributed by atoms with Crippen LogP contribution in [0.25, 0.3) is 0 Å². The van der Waals surface area contributed by atoms with E-state index in [2.05, 4.69) is 15.9 Å². The van der Waals surface area contributed by atoms with Crippen molar-refractivity contribution in [3.8, 4) is 11.5 Å². The van der Waals surface area contributed by atoms with Gasteiger partial charge in [-0.1, -0.05) is 27.5 Å². The van der Waals surface area contributed by atoms with Crippen LogP contribution in [-0.4, -0.2) is 5.78 Å². The van der Waals surface area contributed by atoms with Crippen LogP contribution in [0.1, 0.15) is 28.4 Å². The number of ketones is 1. The minimum Gasteiger partial charge on any atom is -0.456 e. The molecule has 0 aliphatic rings. The molecule has 0 amide bonds. The first-order chi connectivity index (χ1) is 9.38. The number of benzene rings is 2. The molecule has 2 aromatic carbocycles. The van der Waals surface area contributed by atoms with Crippen LogP contribution in [0.3, 0.4) is 0 Å². The van der Waals surface area contributed by atoms with Crippen LogP contribution in [-0.2, 0) is 0 Å². The first kappa shape index (κ1) is 15.1. The van der Waals surface area contributed by atoms with Crippen LogP contribution in [0.4, 0.5) is 0 Å². The van der Waals surface area contributed by atoms with Crippen molar-refractivity contribution in [3.63, 3.8) is 0 Å². The molecule has 0 aliphatic heterocycles. The number of rotatable bonds is 3. The van der Waals surface area contributed by atoms with Gasteiger partial charge in [-0.25, -0.2) is 0 Å². The lowest BCUT2D eigenvalue weighted by atomic mass is 10.1. The van der Waals surface area contributed by atoms with Gasteiger partial charge < -0.3 is 4.74 Å². The molecule has 0 radical (unpaired) electrons. The minimum absolute atomic E-state index is 0.0365. The van der Waals surface area contributed by atoms with Crippen LogP contribution in [0.2, 0.25) is 5.02 Å². The molecule has 20 heavy (non-hydrogen) atoms. The third kappa shape index (κ3) is 3.22. The second-order valence-corrected chi connectivity index (χ2v) is 6.02. The van der Waals surface area contributed by atoms with E-state index >= 15 is 0 Å². The molecule has 0 fully saturated rings. The Hall–Kier alpha value is -1.32. The molecule has 104 valence electrons. The number of ether oxygens (including phenoxy) is 1. The summed E-state index contributed by atoms with van der Waals surface area (Å²) in [6, 6.07) is 9.08. The summed E-state index contributed by atoms with van der Waals surface area (Å²) in [4.78, 5) is 11.7. The third-order valence-corrected chi connectivity index (χ3v) is 3.67. The van der Waals surface area contributed by atoms with E-state index in [1.54, 1.807) is 12.1 Å². The number of Topliss-reactive ketones (excluding diaryl/α,β-unsaturated/α-hetero) is 1. The fourth-order valence-electron chi connectivity index (χ4n) is 2.03. The van der Waals surface area contributed by atoms with Crippen molar-refractivity contribution >= 4 is 33.3 Å². The molecule has 2 aromatic rings. The Bertz CT molecular complexity index is 657. The molecule has 0 heterocycles. The van der Waals surface area contributed by atoms with E-state index in [-0.39, 0.29) is 5.78 Å². The standard InChI is InChI=1S/C16H14BrClO2/c1-9-6-13(18)7-10(2)16(9)20-15-5-4-12(17)8-14(15)11(3)19/h4-8H,1-3H3. The van der Waals surface area contributed by atoms with Gasteiger partial charge >= 0.3 is 0 Å². The fourth-order valence-corrected chi connectivity index (χ4v) is 2.72. The summed E-state index contributed by atoms with van der Waals surface area (Å²) in [5, 5.41) is 0.676. The number of carbonyl (C=O) groups is 1. The van der Waals surface area contributed by atoms with E-state index in [0.29, 0.717) is 16.3 Å². The maximum Gasteiger partial charge on any atom is 0.163 e. The molecule has 2 nitrogen and oxygen atoms in total. The lowest BCUT2D eigenvalue weighted by Crippen LogP contribution is -1.99. The van der Waals surface area contributed by atoms with Crippen LogP contribution in [0.5, 0.6) is 11.5 Å². The molecule has 4 heteroatoms. The molecular weight excluding hydrogens is 340 g/mol. The second-order valence-electron chi connectivity index (χ2n) is 4.67. The Balaban J connectivity index is 2.48. The Morgan fingerprint density at radius 3 is 2.30 bits per heavy atom. The quantitative estimate of drug-likeness (QED) is 0.660. The van der Waals surface area contributed by atoms with Gasteiger partial charge in [-0.3, -0.25) is 4.79 Å². The Morgan fingerprint density at radius 1 is 1.15 bits per heavy atom. The Labute approximate surface area is 131 Å². The van der Waals surface area contributed by atoms with Crippen molar-refractivity contribution in [2.75, 3.05) is 0 Å². The highest BCUT2D eigenvalue weighted by molar-refractivity contribution is 9.10. The lowest BCUT2D eigenvalue weighted by molar-refractivity contribution is 0.101. The molecule has 0 aromatic heterocycles. The zero-order valence-electron chi connectivity index (χ0n) is 11.5. The highest BCUT2D eigenvalue weighted by atomic mass is 79.9. The monoisotopic (exact) mass is 352 g/mol. The third-order valence-electron chi connectivity index (χ3n) is 2.96. The van der Waals surface area contributed by atoms with Crippen molar-refractivity contribution in [1.82, 2.24) is 0 Å². The first-order valence-corrected chi connectivity index (χ1v) is 7.30. The Morgan fingerprint density at radius 2 is 1.75 bits per heavy atom. The average Bonchev–Trinajstić information content (AvgIpc) is 2.34. The molecule has 2 rings (SSSR count). The van der Waals surface area contributed by atoms with Crippen LogP contribution in [0.15, 0.2) is 34.8 Å². The molecule has 0 unspecified atom stereocenters. The van der Waals surface area contributed by atoms with E-state index in [0.717, 1.165) is 21.3 Å². The van der Waals surface area contributed by atoms with Gasteiger partial charge in [-0.05, 0) is 62.2 Å². The largest absolute Gasteiger partial charge is 0.456 e. The smallest absolute Gasteiger partial charge is 0.163 e. The van der Waals surface area contributed by atoms with Crippen LogP contribution in [0, 0.1) is 13.8 Å². The van der Waals surface area contributed by atoms with Crippen molar-refractivity contribution < 1.29 is 9.53 Å². The number of aryl methyl sites for hydroxylation is 2. The van der Waals surface area contributed by atoms with Gasteiger partial charge in [0, 0.05) is 9.50 Å². The van der Waals surface area contributed by atoms with E-state index < -0.39 is 0 Å². The van der Waals surface area contributed by atoms with Gasteiger partial charge in [0.05, 0.1) is 5.56 Å². The summed E-state index contributed by atoms with van der Waals surface area (Å²) in [5.74, 6) is 1.25. The molecular formula is C16H14BrClO2. The molecule has 0 saturated heterocycles. The normalized spacial score (nSPS) is 10.4. The van der Waals surface area contributed by atoms with Gasteiger partial charge in [0.1, 0.15) is 11.5 Å². The summed E-state index contributed by atoms with van der Waals surface area (Å²) in [6.07, 6.45) is 0. The van der Waals surface area contributed by atoms with Crippen LogP contribution >= 0.6 is 27.5 Å². The Kier molecular flexibility index (Phi) is 4.51. The lowest BCUT2D eigenvalue weighted by Gasteiger charge is -2.14. The van der Waals surface area contributed by atoms with Crippen molar-refractivity contribution in [2.45, 2.75) is 20.8 Å². The zero-order valence-corrected chi connectivity index (χ0v) is 13.8. The summed E-state index contributed by atoms with van der Waals surface area (Å²) in [6.45, 7) is 5.39. The zero-order chi connectivity index (χ0) is 14.9. The van der Waals surface area contributed by atoms with Crippen molar-refractivity contribution in [1.29, 1.82) is 0 Å². The van der Waals surface area contributed by atoms with Gasteiger partial charge in [-0.15, -0.1) is 0 Å².